The number of hydrogen-bond acceptors (Lipinski definition) is 2. The quantitative estimate of drug-likeness (QED) is 0.790. The zero-order valence-corrected chi connectivity index (χ0v) is 11.7. The average Bonchev–Trinajstić information content (AvgIpc) is 2.25. The Balaban J connectivity index is 0.00000128. The summed E-state index contributed by atoms with van der Waals surface area (Å²) < 4.78 is 5.17. The number of rotatable bonds is 1. The maximum Gasteiger partial charge on any atom is 0.229 e. The second-order valence-corrected chi connectivity index (χ2v) is 4.00. The summed E-state index contributed by atoms with van der Waals surface area (Å²) in [7, 11) is 3.48. The summed E-state index contributed by atoms with van der Waals surface area (Å²) in [5.74, 6) is 1.10. The lowest BCUT2D eigenvalue weighted by Crippen LogP contribution is -2.37. The molecule has 0 saturated heterocycles. The molecule has 0 spiro atoms. The van der Waals surface area contributed by atoms with Crippen LogP contribution in [0.1, 0.15) is 12.5 Å². The van der Waals surface area contributed by atoms with Crippen LogP contribution in [0.4, 0.5) is 5.69 Å². The third kappa shape index (κ3) is 2.85. The van der Waals surface area contributed by atoms with Gasteiger partial charge in [0.1, 0.15) is 5.75 Å². The molecule has 0 bridgehead atoms. The Labute approximate surface area is 114 Å². The molecule has 1 aromatic rings. The predicted octanol–water partition coefficient (Wildman–Crippen LogP) is 2.69. The van der Waals surface area contributed by atoms with Crippen molar-refractivity contribution in [2.45, 2.75) is 13.3 Å². The highest BCUT2D eigenvalue weighted by Crippen LogP contribution is 2.32. The third-order valence-electron chi connectivity index (χ3n) is 2.93. The fourth-order valence-corrected chi connectivity index (χ4v) is 2.05. The topological polar surface area (TPSA) is 29.5 Å². The number of amides is 1. The lowest BCUT2D eigenvalue weighted by atomic mass is 9.93. The average molecular weight is 278 g/mol. The van der Waals surface area contributed by atoms with Crippen LogP contribution in [0.3, 0.4) is 0 Å². The van der Waals surface area contributed by atoms with Gasteiger partial charge < -0.3 is 9.64 Å². The number of carbonyl (C=O) groups excluding carboxylic acids is 1. The van der Waals surface area contributed by atoms with E-state index >= 15 is 0 Å². The number of benzene rings is 1. The second kappa shape index (κ2) is 6.12. The minimum atomic E-state index is 0. The first-order valence-electron chi connectivity index (χ1n) is 5.08. The van der Waals surface area contributed by atoms with Crippen molar-refractivity contribution in [1.82, 2.24) is 0 Å². The highest BCUT2D eigenvalue weighted by molar-refractivity contribution is 5.97. The molecular weight excluding hydrogens is 261 g/mol. The van der Waals surface area contributed by atoms with E-state index in [2.05, 4.69) is 0 Å². The van der Waals surface area contributed by atoms with E-state index in [1.165, 1.54) is 5.56 Å². The first-order valence-corrected chi connectivity index (χ1v) is 5.08. The second-order valence-electron chi connectivity index (χ2n) is 4.00. The van der Waals surface area contributed by atoms with E-state index < -0.39 is 0 Å². The van der Waals surface area contributed by atoms with Gasteiger partial charge in [-0.1, -0.05) is 6.92 Å². The smallest absolute Gasteiger partial charge is 0.229 e. The van der Waals surface area contributed by atoms with Gasteiger partial charge in [0.25, 0.3) is 0 Å². The summed E-state index contributed by atoms with van der Waals surface area (Å²) in [6, 6.07) is 5.84. The van der Waals surface area contributed by atoms with E-state index in [4.69, 9.17) is 4.74 Å². The Kier molecular flexibility index (Phi) is 5.79. The first-order chi connectivity index (χ1) is 7.13. The largest absolute Gasteiger partial charge is 0.497 e. The fraction of sp³-hybridized carbons (Fsp3) is 0.417. The summed E-state index contributed by atoms with van der Waals surface area (Å²) in [5, 5.41) is 0. The van der Waals surface area contributed by atoms with Gasteiger partial charge in [0.05, 0.1) is 7.11 Å². The molecule has 1 heterocycles. The zero-order chi connectivity index (χ0) is 11.0. The molecule has 0 aliphatic carbocycles. The molecule has 0 N–H and O–H groups in total. The number of halogens is 2. The minimum Gasteiger partial charge on any atom is -0.497 e. The fourth-order valence-electron chi connectivity index (χ4n) is 2.05. The van der Waals surface area contributed by atoms with Gasteiger partial charge in [-0.3, -0.25) is 4.79 Å². The Morgan fingerprint density at radius 1 is 1.35 bits per heavy atom. The van der Waals surface area contributed by atoms with Gasteiger partial charge >= 0.3 is 0 Å². The summed E-state index contributed by atoms with van der Waals surface area (Å²) in [5.41, 5.74) is 2.18. The molecule has 0 fully saturated rings. The molecule has 1 aliphatic rings. The minimum absolute atomic E-state index is 0. The van der Waals surface area contributed by atoms with Crippen molar-refractivity contribution in [3.8, 4) is 5.75 Å². The highest BCUT2D eigenvalue weighted by Gasteiger charge is 2.27. The molecule has 17 heavy (non-hydrogen) atoms. The van der Waals surface area contributed by atoms with Crippen LogP contribution in [0.2, 0.25) is 0 Å². The lowest BCUT2D eigenvalue weighted by Gasteiger charge is -2.29. The standard InChI is InChI=1S/C12H15NO2.2ClH/c1-8-6-9-7-10(15-3)4-5-11(9)13(2)12(8)14;;/h4-5,7-8H,6H2,1-3H3;2*1H. The number of ether oxygens (including phenoxy) is 1. The molecule has 1 unspecified atom stereocenters. The molecule has 0 aromatic heterocycles. The van der Waals surface area contributed by atoms with Crippen molar-refractivity contribution >= 4 is 36.4 Å². The van der Waals surface area contributed by atoms with Crippen LogP contribution < -0.4 is 9.64 Å². The molecule has 0 saturated carbocycles. The van der Waals surface area contributed by atoms with Crippen molar-refractivity contribution in [3.63, 3.8) is 0 Å². The Bertz CT molecular complexity index is 409. The summed E-state index contributed by atoms with van der Waals surface area (Å²) in [6.45, 7) is 1.96. The van der Waals surface area contributed by atoms with Crippen molar-refractivity contribution in [2.75, 3.05) is 19.1 Å². The van der Waals surface area contributed by atoms with Crippen molar-refractivity contribution in [3.05, 3.63) is 23.8 Å². The summed E-state index contributed by atoms with van der Waals surface area (Å²) >= 11 is 0. The van der Waals surface area contributed by atoms with Gasteiger partial charge in [0.15, 0.2) is 0 Å². The van der Waals surface area contributed by atoms with E-state index in [1.54, 1.807) is 12.0 Å². The van der Waals surface area contributed by atoms with Crippen LogP contribution in [0, 0.1) is 5.92 Å². The van der Waals surface area contributed by atoms with Crippen LogP contribution in [0.25, 0.3) is 0 Å². The molecule has 3 nitrogen and oxygen atoms in total. The van der Waals surface area contributed by atoms with E-state index in [1.807, 2.05) is 32.2 Å². The van der Waals surface area contributed by atoms with Gasteiger partial charge in [-0.05, 0) is 30.2 Å². The molecule has 1 atom stereocenters. The number of anilines is 1. The summed E-state index contributed by atoms with van der Waals surface area (Å²) in [6.07, 6.45) is 0.801. The van der Waals surface area contributed by atoms with E-state index in [9.17, 15) is 4.79 Å². The monoisotopic (exact) mass is 277 g/mol. The lowest BCUT2D eigenvalue weighted by molar-refractivity contribution is -0.121. The molecular formula is C12H17Cl2NO2. The van der Waals surface area contributed by atoms with Crippen LogP contribution in [0.15, 0.2) is 18.2 Å². The first kappa shape index (κ1) is 16.1. The third-order valence-corrected chi connectivity index (χ3v) is 2.93. The zero-order valence-electron chi connectivity index (χ0n) is 10.1. The Morgan fingerprint density at radius 2 is 2.00 bits per heavy atom. The molecule has 0 radical (unpaired) electrons. The molecule has 5 heteroatoms. The summed E-state index contributed by atoms with van der Waals surface area (Å²) in [4.78, 5) is 13.5. The normalized spacial score (nSPS) is 17.7. The molecule has 2 rings (SSSR count). The van der Waals surface area contributed by atoms with Gasteiger partial charge in [-0.25, -0.2) is 0 Å². The number of methoxy groups -OCH3 is 1. The molecule has 1 aromatic carbocycles. The Morgan fingerprint density at radius 3 is 2.59 bits per heavy atom. The number of carbonyl (C=O) groups is 1. The van der Waals surface area contributed by atoms with Gasteiger partial charge in [0.2, 0.25) is 5.91 Å². The highest BCUT2D eigenvalue weighted by atomic mass is 35.5. The van der Waals surface area contributed by atoms with E-state index in [-0.39, 0.29) is 36.6 Å². The van der Waals surface area contributed by atoms with Crippen molar-refractivity contribution < 1.29 is 9.53 Å². The number of nitrogens with zero attached hydrogens (tertiary/aromatic N) is 1. The number of hydrogen-bond donors (Lipinski definition) is 0. The van der Waals surface area contributed by atoms with Crippen LogP contribution >= 0.6 is 24.8 Å². The van der Waals surface area contributed by atoms with Crippen LogP contribution in [-0.2, 0) is 11.2 Å². The SMILES string of the molecule is COc1ccc2c(c1)CC(C)C(=O)N2C.Cl.Cl. The molecule has 1 amide bonds. The van der Waals surface area contributed by atoms with E-state index in [0.717, 1.165) is 17.9 Å². The predicted molar refractivity (Wildman–Crippen MR) is 73.8 cm³/mol. The van der Waals surface area contributed by atoms with Gasteiger partial charge in [-0.2, -0.15) is 0 Å². The van der Waals surface area contributed by atoms with E-state index in [0.29, 0.717) is 0 Å². The van der Waals surface area contributed by atoms with Gasteiger partial charge in [0, 0.05) is 18.7 Å². The maximum atomic E-state index is 11.7. The van der Waals surface area contributed by atoms with Crippen molar-refractivity contribution in [2.24, 2.45) is 5.92 Å². The van der Waals surface area contributed by atoms with Gasteiger partial charge in [-0.15, -0.1) is 24.8 Å². The number of fused-ring (bicyclic) bond motifs is 1. The van der Waals surface area contributed by atoms with Crippen LogP contribution in [0.5, 0.6) is 5.75 Å². The Hall–Kier alpha value is -0.930. The molecule has 96 valence electrons. The van der Waals surface area contributed by atoms with Crippen molar-refractivity contribution in [1.29, 1.82) is 0 Å². The maximum absolute atomic E-state index is 11.7. The molecule has 1 aliphatic heterocycles. The van der Waals surface area contributed by atoms with Crippen LogP contribution in [-0.4, -0.2) is 20.1 Å².